The Kier molecular flexibility index (Phi) is 3.94. The minimum Gasteiger partial charge on any atom is -0.331 e. The number of likely N-dealkylation sites (tertiary alicyclic amines) is 1. The first-order chi connectivity index (χ1) is 9.63. The van der Waals surface area contributed by atoms with Gasteiger partial charge < -0.3 is 14.5 Å². The number of benzene rings is 1. The summed E-state index contributed by atoms with van der Waals surface area (Å²) in [4.78, 5) is 5.75. The molecule has 0 amide bonds. The molecule has 1 aliphatic rings. The predicted octanol–water partition coefficient (Wildman–Crippen LogP) is 3.74. The monoisotopic (exact) mass is 289 g/mol. The number of aromatic nitrogens is 2. The summed E-state index contributed by atoms with van der Waals surface area (Å²) in [6, 6.07) is 6.50. The minimum atomic E-state index is 0.850. The van der Waals surface area contributed by atoms with Crippen LogP contribution in [0, 0.1) is 17.6 Å². The summed E-state index contributed by atoms with van der Waals surface area (Å²) < 4.78 is 3.13. The van der Waals surface area contributed by atoms with Crippen LogP contribution in [0.25, 0.3) is 11.0 Å². The highest BCUT2D eigenvalue weighted by molar-refractivity contribution is 7.71. The summed E-state index contributed by atoms with van der Waals surface area (Å²) in [5.41, 5.74) is 3.70. The molecule has 1 fully saturated rings. The maximum atomic E-state index is 5.48. The first-order valence-electron chi connectivity index (χ1n) is 7.51. The molecule has 1 aliphatic heterocycles. The highest BCUT2D eigenvalue weighted by atomic mass is 32.1. The van der Waals surface area contributed by atoms with Gasteiger partial charge >= 0.3 is 0 Å². The quantitative estimate of drug-likeness (QED) is 0.870. The molecule has 0 aliphatic carbocycles. The first kappa shape index (κ1) is 13.8. The summed E-state index contributed by atoms with van der Waals surface area (Å²) in [7, 11) is 2.22. The van der Waals surface area contributed by atoms with E-state index < -0.39 is 0 Å². The molecular formula is C16H23N3S. The second-order valence-corrected chi connectivity index (χ2v) is 6.52. The first-order valence-corrected chi connectivity index (χ1v) is 7.92. The smallest absolute Gasteiger partial charge is 0.178 e. The lowest BCUT2D eigenvalue weighted by molar-refractivity contribution is 0.208. The third kappa shape index (κ3) is 2.81. The maximum absolute atomic E-state index is 5.48. The van der Waals surface area contributed by atoms with Gasteiger partial charge in [-0.3, -0.25) is 0 Å². The number of hydrogen-bond acceptors (Lipinski definition) is 2. The highest BCUT2D eigenvalue weighted by Crippen LogP contribution is 2.22. The molecule has 1 aromatic heterocycles. The molecule has 3 nitrogen and oxygen atoms in total. The van der Waals surface area contributed by atoms with Gasteiger partial charge in [0, 0.05) is 6.54 Å². The summed E-state index contributed by atoms with van der Waals surface area (Å²) in [6.45, 7) is 5.65. The lowest BCUT2D eigenvalue weighted by Gasteiger charge is -2.28. The highest BCUT2D eigenvalue weighted by Gasteiger charge is 2.17. The minimum absolute atomic E-state index is 0.850. The molecule has 2 heterocycles. The van der Waals surface area contributed by atoms with Gasteiger partial charge in [-0.15, -0.1) is 0 Å². The van der Waals surface area contributed by atoms with E-state index >= 15 is 0 Å². The fourth-order valence-corrected chi connectivity index (χ4v) is 3.45. The fraction of sp³-hybridized carbons (Fsp3) is 0.562. The van der Waals surface area contributed by atoms with E-state index in [4.69, 9.17) is 12.2 Å². The van der Waals surface area contributed by atoms with Crippen molar-refractivity contribution in [2.75, 3.05) is 20.1 Å². The summed E-state index contributed by atoms with van der Waals surface area (Å²) in [6.07, 6.45) is 3.89. The van der Waals surface area contributed by atoms with Crippen molar-refractivity contribution in [3.63, 3.8) is 0 Å². The molecule has 3 rings (SSSR count). The Morgan fingerprint density at radius 1 is 1.30 bits per heavy atom. The van der Waals surface area contributed by atoms with Crippen LogP contribution in [0.15, 0.2) is 18.2 Å². The van der Waals surface area contributed by atoms with E-state index in [2.05, 4.69) is 46.6 Å². The van der Waals surface area contributed by atoms with Crippen molar-refractivity contribution in [3.05, 3.63) is 28.5 Å². The van der Waals surface area contributed by atoms with Crippen molar-refractivity contribution < 1.29 is 0 Å². The van der Waals surface area contributed by atoms with Crippen molar-refractivity contribution in [2.45, 2.75) is 32.7 Å². The molecule has 1 aromatic carbocycles. The Balaban J connectivity index is 1.75. The third-order valence-corrected chi connectivity index (χ3v) is 4.85. The molecule has 20 heavy (non-hydrogen) atoms. The summed E-state index contributed by atoms with van der Waals surface area (Å²) in [5.74, 6) is 0.850. The van der Waals surface area contributed by atoms with Crippen LogP contribution in [0.5, 0.6) is 0 Å². The molecule has 1 saturated heterocycles. The van der Waals surface area contributed by atoms with E-state index in [9.17, 15) is 0 Å². The van der Waals surface area contributed by atoms with E-state index in [1.54, 1.807) is 0 Å². The van der Waals surface area contributed by atoms with Gasteiger partial charge in [0.15, 0.2) is 4.77 Å². The average molecular weight is 289 g/mol. The maximum Gasteiger partial charge on any atom is 0.178 e. The number of aryl methyl sites for hydroxylation is 2. The van der Waals surface area contributed by atoms with Crippen molar-refractivity contribution in [3.8, 4) is 0 Å². The van der Waals surface area contributed by atoms with Crippen molar-refractivity contribution in [2.24, 2.45) is 5.92 Å². The van der Waals surface area contributed by atoms with Crippen LogP contribution in [0.3, 0.4) is 0 Å². The Labute approximate surface area is 125 Å². The number of piperidine rings is 1. The van der Waals surface area contributed by atoms with E-state index in [1.165, 1.54) is 43.4 Å². The Morgan fingerprint density at radius 2 is 2.05 bits per heavy atom. The van der Waals surface area contributed by atoms with Crippen LogP contribution in [0.1, 0.15) is 24.8 Å². The largest absolute Gasteiger partial charge is 0.331 e. The molecule has 1 N–H and O–H groups in total. The SMILES string of the molecule is Cc1ccc2[nH]c(=S)n(CCC3CCN(C)CC3)c2c1. The van der Waals surface area contributed by atoms with Gasteiger partial charge in [0.1, 0.15) is 0 Å². The van der Waals surface area contributed by atoms with Crippen LogP contribution in [-0.2, 0) is 6.54 Å². The second-order valence-electron chi connectivity index (χ2n) is 6.14. The van der Waals surface area contributed by atoms with Gasteiger partial charge in [-0.25, -0.2) is 0 Å². The van der Waals surface area contributed by atoms with Crippen LogP contribution in [0.4, 0.5) is 0 Å². The number of H-pyrrole nitrogens is 1. The van der Waals surface area contributed by atoms with Gasteiger partial charge in [0.05, 0.1) is 11.0 Å². The summed E-state index contributed by atoms with van der Waals surface area (Å²) in [5, 5.41) is 0. The lowest BCUT2D eigenvalue weighted by atomic mass is 9.94. The Hall–Kier alpha value is -1.13. The molecule has 0 atom stereocenters. The Bertz CT molecular complexity index is 647. The van der Waals surface area contributed by atoms with Crippen LogP contribution < -0.4 is 0 Å². The number of nitrogens with one attached hydrogen (secondary N) is 1. The second kappa shape index (κ2) is 5.70. The van der Waals surface area contributed by atoms with Gasteiger partial charge in [0.25, 0.3) is 0 Å². The zero-order chi connectivity index (χ0) is 14.1. The van der Waals surface area contributed by atoms with E-state index in [0.29, 0.717) is 0 Å². The van der Waals surface area contributed by atoms with E-state index in [-0.39, 0.29) is 0 Å². The van der Waals surface area contributed by atoms with E-state index in [1.807, 2.05) is 0 Å². The lowest BCUT2D eigenvalue weighted by Crippen LogP contribution is -2.30. The molecule has 0 saturated carbocycles. The molecule has 108 valence electrons. The number of hydrogen-bond donors (Lipinski definition) is 1. The molecule has 0 radical (unpaired) electrons. The Morgan fingerprint density at radius 3 is 2.80 bits per heavy atom. The number of aromatic amines is 1. The molecule has 0 unspecified atom stereocenters. The van der Waals surface area contributed by atoms with Gasteiger partial charge in [-0.2, -0.15) is 0 Å². The molecule has 2 aromatic rings. The van der Waals surface area contributed by atoms with Crippen LogP contribution in [0.2, 0.25) is 0 Å². The standard InChI is InChI=1S/C16H23N3S/c1-12-3-4-14-15(11-12)19(16(20)17-14)10-7-13-5-8-18(2)9-6-13/h3-4,11,13H,5-10H2,1-2H3,(H,17,20). The van der Waals surface area contributed by atoms with Gasteiger partial charge in [0.2, 0.25) is 0 Å². The third-order valence-electron chi connectivity index (χ3n) is 4.53. The number of fused-ring (bicyclic) bond motifs is 1. The summed E-state index contributed by atoms with van der Waals surface area (Å²) >= 11 is 5.48. The average Bonchev–Trinajstić information content (AvgIpc) is 2.73. The van der Waals surface area contributed by atoms with E-state index in [0.717, 1.165) is 22.8 Å². The van der Waals surface area contributed by atoms with Crippen molar-refractivity contribution in [1.82, 2.24) is 14.5 Å². The van der Waals surface area contributed by atoms with Crippen LogP contribution in [-0.4, -0.2) is 34.6 Å². The molecule has 0 spiro atoms. The normalized spacial score (nSPS) is 17.9. The number of nitrogens with zero attached hydrogens (tertiary/aromatic N) is 2. The molecular weight excluding hydrogens is 266 g/mol. The molecule has 0 bridgehead atoms. The van der Waals surface area contributed by atoms with Crippen molar-refractivity contribution >= 4 is 23.3 Å². The zero-order valence-corrected chi connectivity index (χ0v) is 13.2. The van der Waals surface area contributed by atoms with Crippen molar-refractivity contribution in [1.29, 1.82) is 0 Å². The topological polar surface area (TPSA) is 24.0 Å². The number of imidazole rings is 1. The fourth-order valence-electron chi connectivity index (χ4n) is 3.15. The van der Waals surface area contributed by atoms with Gasteiger partial charge in [-0.1, -0.05) is 6.07 Å². The number of rotatable bonds is 3. The zero-order valence-electron chi connectivity index (χ0n) is 12.4. The van der Waals surface area contributed by atoms with Gasteiger partial charge in [-0.05, 0) is 82.2 Å². The predicted molar refractivity (Wildman–Crippen MR) is 86.7 cm³/mol. The van der Waals surface area contributed by atoms with Crippen LogP contribution >= 0.6 is 12.2 Å². The molecule has 4 heteroatoms.